The monoisotopic (exact) mass is 202 g/mol. The van der Waals surface area contributed by atoms with Crippen LogP contribution in [0.1, 0.15) is 26.7 Å². The standard InChI is InChI=1S/C11H26N2O/c1-4-13(8-9-14-3)10-11(2)6-5-7-12/h11H,4-10,12H2,1-3H3. The van der Waals surface area contributed by atoms with E-state index in [1.165, 1.54) is 13.0 Å². The molecular formula is C11H26N2O. The highest BCUT2D eigenvalue weighted by molar-refractivity contribution is 4.61. The molecule has 0 aliphatic rings. The van der Waals surface area contributed by atoms with Crippen LogP contribution in [-0.2, 0) is 4.74 Å². The molecule has 3 heteroatoms. The first-order chi connectivity index (χ1) is 6.74. The molecule has 0 aliphatic heterocycles. The van der Waals surface area contributed by atoms with Gasteiger partial charge in [-0.25, -0.2) is 0 Å². The van der Waals surface area contributed by atoms with E-state index < -0.39 is 0 Å². The Morgan fingerprint density at radius 2 is 2.14 bits per heavy atom. The topological polar surface area (TPSA) is 38.5 Å². The Kier molecular flexibility index (Phi) is 9.35. The van der Waals surface area contributed by atoms with Gasteiger partial charge in [0.25, 0.3) is 0 Å². The van der Waals surface area contributed by atoms with Crippen molar-refractivity contribution in [1.82, 2.24) is 4.90 Å². The molecular weight excluding hydrogens is 176 g/mol. The van der Waals surface area contributed by atoms with E-state index in [-0.39, 0.29) is 0 Å². The number of methoxy groups -OCH3 is 1. The Morgan fingerprint density at radius 3 is 2.64 bits per heavy atom. The van der Waals surface area contributed by atoms with Crippen LogP contribution in [-0.4, -0.2) is 44.8 Å². The van der Waals surface area contributed by atoms with Gasteiger partial charge in [-0.3, -0.25) is 0 Å². The van der Waals surface area contributed by atoms with E-state index in [0.717, 1.165) is 38.6 Å². The van der Waals surface area contributed by atoms with Crippen molar-refractivity contribution in [1.29, 1.82) is 0 Å². The Hall–Kier alpha value is -0.120. The predicted octanol–water partition coefficient (Wildman–Crippen LogP) is 1.33. The summed E-state index contributed by atoms with van der Waals surface area (Å²) >= 11 is 0. The van der Waals surface area contributed by atoms with Crippen molar-refractivity contribution in [2.24, 2.45) is 11.7 Å². The van der Waals surface area contributed by atoms with E-state index in [4.69, 9.17) is 10.5 Å². The van der Waals surface area contributed by atoms with Gasteiger partial charge in [0.15, 0.2) is 0 Å². The fourth-order valence-electron chi connectivity index (χ4n) is 1.60. The van der Waals surface area contributed by atoms with Crippen LogP contribution >= 0.6 is 0 Å². The molecule has 0 aromatic rings. The summed E-state index contributed by atoms with van der Waals surface area (Å²) in [5.74, 6) is 0.746. The number of nitrogens with two attached hydrogens (primary N) is 1. The van der Waals surface area contributed by atoms with Gasteiger partial charge in [0.05, 0.1) is 6.61 Å². The first kappa shape index (κ1) is 13.9. The molecule has 0 aliphatic carbocycles. The maximum Gasteiger partial charge on any atom is 0.0589 e. The fourth-order valence-corrected chi connectivity index (χ4v) is 1.60. The van der Waals surface area contributed by atoms with Crippen LogP contribution < -0.4 is 5.73 Å². The van der Waals surface area contributed by atoms with Gasteiger partial charge >= 0.3 is 0 Å². The zero-order valence-corrected chi connectivity index (χ0v) is 9.96. The summed E-state index contributed by atoms with van der Waals surface area (Å²) in [6.45, 7) is 9.46. The molecule has 0 aromatic heterocycles. The summed E-state index contributed by atoms with van der Waals surface area (Å²) < 4.78 is 5.08. The lowest BCUT2D eigenvalue weighted by Gasteiger charge is -2.23. The molecule has 3 nitrogen and oxygen atoms in total. The van der Waals surface area contributed by atoms with Gasteiger partial charge in [0.2, 0.25) is 0 Å². The molecule has 1 unspecified atom stereocenters. The van der Waals surface area contributed by atoms with Crippen molar-refractivity contribution in [3.63, 3.8) is 0 Å². The van der Waals surface area contributed by atoms with Crippen LogP contribution in [0.4, 0.5) is 0 Å². The molecule has 0 fully saturated rings. The van der Waals surface area contributed by atoms with Crippen molar-refractivity contribution in [2.75, 3.05) is 39.9 Å². The average Bonchev–Trinajstić information content (AvgIpc) is 2.21. The summed E-state index contributed by atoms with van der Waals surface area (Å²) in [7, 11) is 1.76. The first-order valence-corrected chi connectivity index (χ1v) is 5.65. The SMILES string of the molecule is CCN(CCOC)CC(C)CCCN. The number of rotatable bonds is 9. The van der Waals surface area contributed by atoms with Crippen LogP contribution in [0, 0.1) is 5.92 Å². The molecule has 2 N–H and O–H groups in total. The van der Waals surface area contributed by atoms with Crippen LogP contribution in [0.15, 0.2) is 0 Å². The third kappa shape index (κ3) is 7.30. The number of ether oxygens (including phenoxy) is 1. The molecule has 0 saturated heterocycles. The third-order valence-corrected chi connectivity index (χ3v) is 2.53. The highest BCUT2D eigenvalue weighted by Gasteiger charge is 2.07. The summed E-state index contributed by atoms with van der Waals surface area (Å²) in [5.41, 5.74) is 5.49. The van der Waals surface area contributed by atoms with E-state index in [0.29, 0.717) is 0 Å². The van der Waals surface area contributed by atoms with Gasteiger partial charge in [-0.2, -0.15) is 0 Å². The minimum Gasteiger partial charge on any atom is -0.383 e. The Labute approximate surface area is 88.6 Å². The zero-order valence-electron chi connectivity index (χ0n) is 9.96. The minimum atomic E-state index is 0.746. The summed E-state index contributed by atoms with van der Waals surface area (Å²) in [6, 6.07) is 0. The van der Waals surface area contributed by atoms with Crippen molar-refractivity contribution in [3.05, 3.63) is 0 Å². The van der Waals surface area contributed by atoms with Gasteiger partial charge in [-0.05, 0) is 31.8 Å². The van der Waals surface area contributed by atoms with Crippen molar-refractivity contribution in [3.8, 4) is 0 Å². The van der Waals surface area contributed by atoms with Gasteiger partial charge in [-0.1, -0.05) is 13.8 Å². The van der Waals surface area contributed by atoms with E-state index in [1.807, 2.05) is 0 Å². The lowest BCUT2D eigenvalue weighted by molar-refractivity contribution is 0.140. The smallest absolute Gasteiger partial charge is 0.0589 e. The highest BCUT2D eigenvalue weighted by Crippen LogP contribution is 2.06. The molecule has 1 atom stereocenters. The molecule has 0 radical (unpaired) electrons. The molecule has 86 valence electrons. The second-order valence-electron chi connectivity index (χ2n) is 3.92. The molecule has 0 saturated carbocycles. The normalized spacial score (nSPS) is 13.5. The van der Waals surface area contributed by atoms with Crippen LogP contribution in [0.5, 0.6) is 0 Å². The molecule has 0 amide bonds. The Morgan fingerprint density at radius 1 is 1.43 bits per heavy atom. The molecule has 0 spiro atoms. The van der Waals surface area contributed by atoms with Crippen LogP contribution in [0.25, 0.3) is 0 Å². The molecule has 0 heterocycles. The predicted molar refractivity (Wildman–Crippen MR) is 61.4 cm³/mol. The second kappa shape index (κ2) is 9.44. The number of likely N-dealkylation sites (N-methyl/N-ethyl adjacent to an activating group) is 1. The minimum absolute atomic E-state index is 0.746. The van der Waals surface area contributed by atoms with Crippen molar-refractivity contribution >= 4 is 0 Å². The summed E-state index contributed by atoms with van der Waals surface area (Å²) in [6.07, 6.45) is 2.38. The van der Waals surface area contributed by atoms with Gasteiger partial charge in [-0.15, -0.1) is 0 Å². The lowest BCUT2D eigenvalue weighted by Crippen LogP contribution is -2.31. The first-order valence-electron chi connectivity index (χ1n) is 5.65. The van der Waals surface area contributed by atoms with Crippen molar-refractivity contribution in [2.45, 2.75) is 26.7 Å². The number of hydrogen-bond acceptors (Lipinski definition) is 3. The molecule has 14 heavy (non-hydrogen) atoms. The summed E-state index contributed by atoms with van der Waals surface area (Å²) in [4.78, 5) is 2.44. The molecule has 0 bridgehead atoms. The maximum absolute atomic E-state index is 5.49. The van der Waals surface area contributed by atoms with Gasteiger partial charge in [0.1, 0.15) is 0 Å². The van der Waals surface area contributed by atoms with E-state index >= 15 is 0 Å². The van der Waals surface area contributed by atoms with E-state index in [1.54, 1.807) is 7.11 Å². The molecule has 0 aromatic carbocycles. The lowest BCUT2D eigenvalue weighted by atomic mass is 10.1. The average molecular weight is 202 g/mol. The second-order valence-corrected chi connectivity index (χ2v) is 3.92. The largest absolute Gasteiger partial charge is 0.383 e. The van der Waals surface area contributed by atoms with Gasteiger partial charge in [0, 0.05) is 20.2 Å². The highest BCUT2D eigenvalue weighted by atomic mass is 16.5. The number of nitrogens with zero attached hydrogens (tertiary/aromatic N) is 1. The fraction of sp³-hybridized carbons (Fsp3) is 1.00. The maximum atomic E-state index is 5.49. The van der Waals surface area contributed by atoms with Gasteiger partial charge < -0.3 is 15.4 Å². The number of hydrogen-bond donors (Lipinski definition) is 1. The quantitative estimate of drug-likeness (QED) is 0.613. The van der Waals surface area contributed by atoms with E-state index in [9.17, 15) is 0 Å². The molecule has 0 rings (SSSR count). The van der Waals surface area contributed by atoms with Crippen LogP contribution in [0.3, 0.4) is 0 Å². The van der Waals surface area contributed by atoms with E-state index in [2.05, 4.69) is 18.7 Å². The van der Waals surface area contributed by atoms with Crippen LogP contribution in [0.2, 0.25) is 0 Å². The Bertz CT molecular complexity index is 120. The summed E-state index contributed by atoms with van der Waals surface area (Å²) in [5, 5.41) is 0. The zero-order chi connectivity index (χ0) is 10.8. The van der Waals surface area contributed by atoms with Crippen molar-refractivity contribution < 1.29 is 4.74 Å². The third-order valence-electron chi connectivity index (χ3n) is 2.53. The Balaban J connectivity index is 3.57.